The molecule has 1 aromatic heterocycles. The third-order valence-electron chi connectivity index (χ3n) is 5.09. The number of alkyl halides is 2. The number of likely N-dealkylation sites (tertiary alicyclic amines) is 1. The lowest BCUT2D eigenvalue weighted by molar-refractivity contribution is -0.131. The molecule has 1 fully saturated rings. The summed E-state index contributed by atoms with van der Waals surface area (Å²) in [6.07, 6.45) is -0.692. The molecule has 2 aromatic rings. The van der Waals surface area contributed by atoms with Gasteiger partial charge >= 0.3 is 0 Å². The minimum Gasteiger partial charge on any atom is -0.501 e. The minimum absolute atomic E-state index is 0.143. The smallest absolute Gasteiger partial charge is 0.296 e. The van der Waals surface area contributed by atoms with Gasteiger partial charge < -0.3 is 10.0 Å². The topological polar surface area (TPSA) is 92.5 Å². The van der Waals surface area contributed by atoms with Crippen molar-refractivity contribution < 1.29 is 27.9 Å². The van der Waals surface area contributed by atoms with Crippen molar-refractivity contribution in [1.29, 1.82) is 0 Å². The SMILES string of the molecule is CC(=O)N1CC(F)(F)C[C@H]1c1nc(C(=O)CCc2ccc(F)cc2)c(O)c(=O)n1C. The molecule has 0 radical (unpaired) electrons. The fraction of sp³-hybridized carbons (Fsp3) is 0.400. The second kappa shape index (κ2) is 7.92. The number of aromatic nitrogens is 2. The summed E-state index contributed by atoms with van der Waals surface area (Å²) in [6.45, 7) is 0.305. The molecule has 10 heteroatoms. The van der Waals surface area contributed by atoms with E-state index in [9.17, 15) is 32.7 Å². The van der Waals surface area contributed by atoms with E-state index in [-0.39, 0.29) is 18.7 Å². The van der Waals surface area contributed by atoms with E-state index in [4.69, 9.17) is 0 Å². The van der Waals surface area contributed by atoms with Crippen LogP contribution in [-0.4, -0.2) is 43.7 Å². The van der Waals surface area contributed by atoms with Crippen molar-refractivity contribution in [3.05, 3.63) is 57.5 Å². The third kappa shape index (κ3) is 4.22. The predicted molar refractivity (Wildman–Crippen MR) is 99.9 cm³/mol. The van der Waals surface area contributed by atoms with E-state index < -0.39 is 59.4 Å². The van der Waals surface area contributed by atoms with E-state index in [0.717, 1.165) is 16.4 Å². The lowest BCUT2D eigenvalue weighted by Gasteiger charge is -2.24. The van der Waals surface area contributed by atoms with Crippen LogP contribution < -0.4 is 5.56 Å². The van der Waals surface area contributed by atoms with Crippen molar-refractivity contribution in [2.24, 2.45) is 7.05 Å². The van der Waals surface area contributed by atoms with E-state index in [0.29, 0.717) is 5.56 Å². The van der Waals surface area contributed by atoms with Gasteiger partial charge in [-0.1, -0.05) is 12.1 Å². The maximum atomic E-state index is 13.9. The molecule has 1 N–H and O–H groups in total. The Morgan fingerprint density at radius 1 is 1.27 bits per heavy atom. The van der Waals surface area contributed by atoms with Gasteiger partial charge in [-0.15, -0.1) is 0 Å². The van der Waals surface area contributed by atoms with Gasteiger partial charge in [-0.05, 0) is 24.1 Å². The molecule has 3 rings (SSSR count). The van der Waals surface area contributed by atoms with Crippen LogP contribution in [0.1, 0.15) is 47.7 Å². The number of halogens is 3. The molecule has 30 heavy (non-hydrogen) atoms. The monoisotopic (exact) mass is 423 g/mol. The van der Waals surface area contributed by atoms with Crippen LogP contribution in [0.15, 0.2) is 29.1 Å². The van der Waals surface area contributed by atoms with Gasteiger partial charge in [-0.3, -0.25) is 19.0 Å². The summed E-state index contributed by atoms with van der Waals surface area (Å²) in [5, 5.41) is 10.1. The molecular weight excluding hydrogens is 403 g/mol. The highest BCUT2D eigenvalue weighted by molar-refractivity contribution is 5.96. The molecule has 0 spiro atoms. The average Bonchev–Trinajstić information content (AvgIpc) is 3.01. The lowest BCUT2D eigenvalue weighted by Crippen LogP contribution is -2.35. The Bertz CT molecular complexity index is 1050. The molecule has 1 aliphatic heterocycles. The summed E-state index contributed by atoms with van der Waals surface area (Å²) in [5.74, 6) is -5.97. The first-order valence-corrected chi connectivity index (χ1v) is 9.23. The van der Waals surface area contributed by atoms with Gasteiger partial charge in [0, 0.05) is 26.8 Å². The van der Waals surface area contributed by atoms with Crippen LogP contribution in [-0.2, 0) is 18.3 Å². The van der Waals surface area contributed by atoms with Crippen molar-refractivity contribution in [3.8, 4) is 5.75 Å². The van der Waals surface area contributed by atoms with Gasteiger partial charge in [0.25, 0.3) is 11.5 Å². The van der Waals surface area contributed by atoms with Gasteiger partial charge in [0.15, 0.2) is 11.5 Å². The molecule has 1 saturated heterocycles. The van der Waals surface area contributed by atoms with Crippen LogP contribution in [0.3, 0.4) is 0 Å². The van der Waals surface area contributed by atoms with Crippen molar-refractivity contribution in [3.63, 3.8) is 0 Å². The Kier molecular flexibility index (Phi) is 5.69. The second-order valence-electron chi connectivity index (χ2n) is 7.30. The van der Waals surface area contributed by atoms with Gasteiger partial charge in [-0.25, -0.2) is 18.2 Å². The number of Topliss-reactive ketones (excluding diaryl/α,β-unsaturated/α-hetero) is 1. The number of aryl methyl sites for hydroxylation is 1. The molecule has 1 aromatic carbocycles. The van der Waals surface area contributed by atoms with Crippen molar-refractivity contribution in [2.75, 3.05) is 6.54 Å². The van der Waals surface area contributed by atoms with E-state index in [2.05, 4.69) is 4.98 Å². The van der Waals surface area contributed by atoms with Gasteiger partial charge in [-0.2, -0.15) is 0 Å². The zero-order valence-electron chi connectivity index (χ0n) is 16.4. The van der Waals surface area contributed by atoms with Crippen LogP contribution in [0.4, 0.5) is 13.2 Å². The molecule has 0 aliphatic carbocycles. The quantitative estimate of drug-likeness (QED) is 0.746. The van der Waals surface area contributed by atoms with Gasteiger partial charge in [0.1, 0.15) is 11.6 Å². The molecule has 2 heterocycles. The number of ketones is 1. The highest BCUT2D eigenvalue weighted by atomic mass is 19.3. The number of hydrogen-bond donors (Lipinski definition) is 1. The zero-order chi connectivity index (χ0) is 22.2. The molecule has 0 saturated carbocycles. The Balaban J connectivity index is 1.93. The number of rotatable bonds is 5. The molecule has 160 valence electrons. The maximum absolute atomic E-state index is 13.9. The molecule has 1 aliphatic rings. The average molecular weight is 423 g/mol. The van der Waals surface area contributed by atoms with Crippen LogP contribution in [0.2, 0.25) is 0 Å². The number of aromatic hydroxyl groups is 1. The summed E-state index contributed by atoms with van der Waals surface area (Å²) >= 11 is 0. The molecular formula is C20H20F3N3O4. The molecule has 7 nitrogen and oxygen atoms in total. The van der Waals surface area contributed by atoms with Crippen molar-refractivity contribution >= 4 is 11.7 Å². The van der Waals surface area contributed by atoms with E-state index >= 15 is 0 Å². The second-order valence-corrected chi connectivity index (χ2v) is 7.30. The first-order chi connectivity index (χ1) is 14.0. The zero-order valence-corrected chi connectivity index (χ0v) is 16.4. The standard InChI is InChI=1S/C20H20F3N3O4/c1-11(27)26-10-20(22,23)9-14(26)18-24-16(17(29)19(30)25(18)2)15(28)8-5-12-3-6-13(21)7-4-12/h3-4,6-7,14,29H,5,8-10H2,1-2H3/t14-/m0/s1. The van der Waals surface area contributed by atoms with Crippen LogP contribution in [0.25, 0.3) is 0 Å². The van der Waals surface area contributed by atoms with Gasteiger partial charge in [0.2, 0.25) is 11.7 Å². The van der Waals surface area contributed by atoms with Gasteiger partial charge in [0.05, 0.1) is 12.6 Å². The fourth-order valence-corrected chi connectivity index (χ4v) is 3.50. The summed E-state index contributed by atoms with van der Waals surface area (Å²) in [7, 11) is 1.23. The Hall–Kier alpha value is -3.17. The number of carbonyl (C=O) groups is 2. The largest absolute Gasteiger partial charge is 0.501 e. The molecule has 1 amide bonds. The number of nitrogens with zero attached hydrogens (tertiary/aromatic N) is 3. The number of benzene rings is 1. The summed E-state index contributed by atoms with van der Waals surface area (Å²) in [6, 6.07) is 4.26. The minimum atomic E-state index is -3.17. The Morgan fingerprint density at radius 2 is 1.90 bits per heavy atom. The summed E-state index contributed by atoms with van der Waals surface area (Å²) < 4.78 is 41.8. The maximum Gasteiger partial charge on any atom is 0.296 e. The number of amides is 1. The highest BCUT2D eigenvalue weighted by Crippen LogP contribution is 2.40. The van der Waals surface area contributed by atoms with E-state index in [1.165, 1.54) is 31.3 Å². The number of carbonyl (C=O) groups excluding carboxylic acids is 2. The fourth-order valence-electron chi connectivity index (χ4n) is 3.50. The van der Waals surface area contributed by atoms with Crippen molar-refractivity contribution in [2.45, 2.75) is 38.2 Å². The Morgan fingerprint density at radius 3 is 2.50 bits per heavy atom. The first kappa shape index (κ1) is 21.5. The highest BCUT2D eigenvalue weighted by Gasteiger charge is 2.48. The number of hydrogen-bond acceptors (Lipinski definition) is 5. The summed E-state index contributed by atoms with van der Waals surface area (Å²) in [5.41, 5.74) is -0.843. The predicted octanol–water partition coefficient (Wildman–Crippen LogP) is 2.37. The van der Waals surface area contributed by atoms with Crippen molar-refractivity contribution in [1.82, 2.24) is 14.5 Å². The summed E-state index contributed by atoms with van der Waals surface area (Å²) in [4.78, 5) is 41.7. The van der Waals surface area contributed by atoms with E-state index in [1.54, 1.807) is 0 Å². The van der Waals surface area contributed by atoms with Crippen LogP contribution in [0.5, 0.6) is 5.75 Å². The van der Waals surface area contributed by atoms with E-state index in [1.807, 2.05) is 0 Å². The lowest BCUT2D eigenvalue weighted by atomic mass is 10.1. The van der Waals surface area contributed by atoms with Crippen LogP contribution >= 0.6 is 0 Å². The normalized spacial score (nSPS) is 17.9. The molecule has 0 bridgehead atoms. The van der Waals surface area contributed by atoms with Crippen LogP contribution in [0, 0.1) is 5.82 Å². The molecule has 1 atom stereocenters. The third-order valence-corrected chi connectivity index (χ3v) is 5.09. The molecule has 0 unspecified atom stereocenters. The Labute approximate surface area is 169 Å². The first-order valence-electron chi connectivity index (χ1n) is 9.23.